The van der Waals surface area contributed by atoms with E-state index in [9.17, 15) is 14.0 Å². The summed E-state index contributed by atoms with van der Waals surface area (Å²) in [4.78, 5) is 22.2. The van der Waals surface area contributed by atoms with Crippen LogP contribution in [0.25, 0.3) is 0 Å². The van der Waals surface area contributed by atoms with Gasteiger partial charge in [0.15, 0.2) is 0 Å². The van der Waals surface area contributed by atoms with Gasteiger partial charge in [-0.05, 0) is 30.7 Å². The zero-order valence-corrected chi connectivity index (χ0v) is 9.23. The van der Waals surface area contributed by atoms with Gasteiger partial charge in [-0.25, -0.2) is 14.0 Å². The fourth-order valence-corrected chi connectivity index (χ4v) is 1.02. The monoisotopic (exact) mass is 238 g/mol. The van der Waals surface area contributed by atoms with E-state index in [-0.39, 0.29) is 12.4 Å². The lowest BCUT2D eigenvalue weighted by Crippen LogP contribution is -2.23. The Balaban J connectivity index is 2.64. The molecule has 0 bridgehead atoms. The molecule has 0 aliphatic carbocycles. The van der Waals surface area contributed by atoms with E-state index in [4.69, 9.17) is 4.74 Å². The van der Waals surface area contributed by atoms with Gasteiger partial charge in [-0.15, -0.1) is 0 Å². The zero-order valence-electron chi connectivity index (χ0n) is 9.23. The summed E-state index contributed by atoms with van der Waals surface area (Å²) < 4.78 is 22.1. The van der Waals surface area contributed by atoms with Crippen molar-refractivity contribution in [2.75, 3.05) is 6.61 Å². The van der Waals surface area contributed by atoms with E-state index in [1.165, 1.54) is 25.1 Å². The second-order valence-electron chi connectivity index (χ2n) is 3.19. The van der Waals surface area contributed by atoms with Gasteiger partial charge in [0.05, 0.1) is 0 Å². The molecular weight excluding hydrogens is 227 g/mol. The number of rotatable bonds is 3. The third-order valence-corrected chi connectivity index (χ3v) is 1.84. The second-order valence-corrected chi connectivity index (χ2v) is 3.19. The van der Waals surface area contributed by atoms with Crippen molar-refractivity contribution in [3.05, 3.63) is 42.2 Å². The van der Waals surface area contributed by atoms with Gasteiger partial charge >= 0.3 is 11.9 Å². The van der Waals surface area contributed by atoms with E-state index in [0.29, 0.717) is 5.56 Å². The Morgan fingerprint density at radius 1 is 1.41 bits per heavy atom. The molecule has 0 fully saturated rings. The van der Waals surface area contributed by atoms with Gasteiger partial charge in [0, 0.05) is 0 Å². The molecule has 1 aromatic rings. The molecule has 0 spiro atoms. The minimum absolute atomic E-state index is 0.0730. The number of benzene rings is 1. The van der Waals surface area contributed by atoms with Gasteiger partial charge in [0.2, 0.25) is 0 Å². The molecule has 4 nitrogen and oxygen atoms in total. The van der Waals surface area contributed by atoms with E-state index in [0.717, 1.165) is 6.07 Å². The smallest absolute Gasteiger partial charge is 0.422 e. The number of hydrogen-bond acceptors (Lipinski definition) is 4. The second kappa shape index (κ2) is 5.79. The summed E-state index contributed by atoms with van der Waals surface area (Å²) in [5.74, 6) is -2.60. The first-order valence-electron chi connectivity index (χ1n) is 4.80. The van der Waals surface area contributed by atoms with Crippen LogP contribution in [0, 0.1) is 12.7 Å². The van der Waals surface area contributed by atoms with Crippen molar-refractivity contribution in [2.24, 2.45) is 0 Å². The third-order valence-electron chi connectivity index (χ3n) is 1.84. The molecule has 0 aromatic heterocycles. The topological polar surface area (TPSA) is 52.6 Å². The van der Waals surface area contributed by atoms with Crippen LogP contribution in [0.1, 0.15) is 5.56 Å². The molecule has 0 amide bonds. The average molecular weight is 238 g/mol. The number of ether oxygens (including phenoxy) is 2. The highest BCUT2D eigenvalue weighted by molar-refractivity contribution is 6.30. The molecule has 90 valence electrons. The maximum atomic E-state index is 12.9. The minimum Gasteiger partial charge on any atom is -0.453 e. The highest BCUT2D eigenvalue weighted by Crippen LogP contribution is 2.16. The van der Waals surface area contributed by atoms with Crippen LogP contribution in [-0.2, 0) is 14.3 Å². The lowest BCUT2D eigenvalue weighted by molar-refractivity contribution is -0.161. The Kier molecular flexibility index (Phi) is 4.39. The summed E-state index contributed by atoms with van der Waals surface area (Å²) in [6.07, 6.45) is 1.33. The molecule has 0 N–H and O–H groups in total. The first kappa shape index (κ1) is 12.9. The van der Waals surface area contributed by atoms with Crippen LogP contribution in [-0.4, -0.2) is 18.5 Å². The fraction of sp³-hybridized carbons (Fsp3) is 0.167. The van der Waals surface area contributed by atoms with Crippen LogP contribution in [0.5, 0.6) is 5.75 Å². The summed E-state index contributed by atoms with van der Waals surface area (Å²) in [5, 5.41) is 0. The number of halogens is 1. The van der Waals surface area contributed by atoms with Crippen molar-refractivity contribution in [3.8, 4) is 5.75 Å². The van der Waals surface area contributed by atoms with Crippen molar-refractivity contribution < 1.29 is 23.5 Å². The summed E-state index contributed by atoms with van der Waals surface area (Å²) in [5.41, 5.74) is 0.315. The van der Waals surface area contributed by atoms with Gasteiger partial charge in [0.1, 0.15) is 18.2 Å². The van der Waals surface area contributed by atoms with Crippen molar-refractivity contribution in [2.45, 2.75) is 6.92 Å². The van der Waals surface area contributed by atoms with Crippen LogP contribution in [0.2, 0.25) is 0 Å². The standard InChI is InChI=1S/C12H11FO4/c1-3-6-16-11(14)12(15)17-9-4-5-10(13)8(2)7-9/h3-5,7H,1,6H2,2H3. The molecule has 0 atom stereocenters. The summed E-state index contributed by atoms with van der Waals surface area (Å²) in [6.45, 7) is 4.77. The highest BCUT2D eigenvalue weighted by Gasteiger charge is 2.17. The molecule has 0 aliphatic rings. The Hall–Kier alpha value is -2.17. The minimum atomic E-state index is -1.15. The van der Waals surface area contributed by atoms with Gasteiger partial charge in [-0.3, -0.25) is 0 Å². The highest BCUT2D eigenvalue weighted by atomic mass is 19.1. The molecule has 17 heavy (non-hydrogen) atoms. The molecule has 0 heterocycles. The van der Waals surface area contributed by atoms with Gasteiger partial charge in [-0.2, -0.15) is 0 Å². The average Bonchev–Trinajstić information content (AvgIpc) is 2.30. The predicted molar refractivity (Wildman–Crippen MR) is 57.9 cm³/mol. The number of carbonyl (C=O) groups excluding carboxylic acids is 2. The van der Waals surface area contributed by atoms with E-state index >= 15 is 0 Å². The van der Waals surface area contributed by atoms with Crippen molar-refractivity contribution >= 4 is 11.9 Å². The molecule has 5 heteroatoms. The number of carbonyl (C=O) groups is 2. The summed E-state index contributed by atoms with van der Waals surface area (Å²) in [7, 11) is 0. The van der Waals surface area contributed by atoms with E-state index in [1.807, 2.05) is 0 Å². The number of aryl methyl sites for hydroxylation is 1. The van der Waals surface area contributed by atoms with Crippen LogP contribution in [0.3, 0.4) is 0 Å². The first-order chi connectivity index (χ1) is 8.04. The van der Waals surface area contributed by atoms with Crippen LogP contribution in [0.4, 0.5) is 4.39 Å². The largest absolute Gasteiger partial charge is 0.453 e. The molecule has 0 unspecified atom stereocenters. The number of hydrogen-bond donors (Lipinski definition) is 0. The maximum absolute atomic E-state index is 12.9. The molecule has 1 rings (SSSR count). The zero-order chi connectivity index (χ0) is 12.8. The van der Waals surface area contributed by atoms with Crippen LogP contribution < -0.4 is 4.74 Å². The Labute approximate surface area is 97.6 Å². The van der Waals surface area contributed by atoms with Gasteiger partial charge < -0.3 is 9.47 Å². The molecular formula is C12H11FO4. The van der Waals surface area contributed by atoms with Crippen LogP contribution in [0.15, 0.2) is 30.9 Å². The van der Waals surface area contributed by atoms with Crippen molar-refractivity contribution in [3.63, 3.8) is 0 Å². The number of esters is 2. The Morgan fingerprint density at radius 2 is 2.12 bits per heavy atom. The normalized spacial score (nSPS) is 9.53. The third kappa shape index (κ3) is 3.71. The van der Waals surface area contributed by atoms with Crippen molar-refractivity contribution in [1.29, 1.82) is 0 Å². The molecule has 0 saturated heterocycles. The fourth-order valence-electron chi connectivity index (χ4n) is 1.02. The van der Waals surface area contributed by atoms with E-state index in [1.54, 1.807) is 0 Å². The Morgan fingerprint density at radius 3 is 2.71 bits per heavy atom. The van der Waals surface area contributed by atoms with Crippen LogP contribution >= 0.6 is 0 Å². The maximum Gasteiger partial charge on any atom is 0.422 e. The van der Waals surface area contributed by atoms with Crippen molar-refractivity contribution in [1.82, 2.24) is 0 Å². The summed E-state index contributed by atoms with van der Waals surface area (Å²) >= 11 is 0. The SMILES string of the molecule is C=CCOC(=O)C(=O)Oc1ccc(F)c(C)c1. The van der Waals surface area contributed by atoms with Gasteiger partial charge in [0.25, 0.3) is 0 Å². The predicted octanol–water partition coefficient (Wildman–Crippen LogP) is 1.77. The molecule has 0 aliphatic heterocycles. The Bertz CT molecular complexity index is 454. The lowest BCUT2D eigenvalue weighted by atomic mass is 10.2. The first-order valence-corrected chi connectivity index (χ1v) is 4.80. The van der Waals surface area contributed by atoms with E-state index in [2.05, 4.69) is 11.3 Å². The van der Waals surface area contributed by atoms with E-state index < -0.39 is 17.8 Å². The molecule has 1 aromatic carbocycles. The van der Waals surface area contributed by atoms with Gasteiger partial charge in [-0.1, -0.05) is 12.7 Å². The quantitative estimate of drug-likeness (QED) is 0.348. The molecule has 0 radical (unpaired) electrons. The summed E-state index contributed by atoms with van der Waals surface area (Å²) in [6, 6.07) is 3.71. The molecule has 0 saturated carbocycles. The lowest BCUT2D eigenvalue weighted by Gasteiger charge is -2.04.